The standard InChI is InChI=1S/C26H30N2O3/c1-2-3-4-11-16-23(26(30)31)28-18-17-22(19-28)25(29)27-24(20-12-7-5-8-13-20)21-14-9-6-10-15-21/h5-10,12-15,17-19,23-24H,2-4,11,16H2,1H3,(H,27,29)(H,30,31). The molecule has 162 valence electrons. The molecule has 1 heterocycles. The number of benzene rings is 2. The molecule has 0 fully saturated rings. The Balaban J connectivity index is 1.76. The topological polar surface area (TPSA) is 71.3 Å². The van der Waals surface area contributed by atoms with E-state index in [2.05, 4.69) is 12.2 Å². The lowest BCUT2D eigenvalue weighted by molar-refractivity contribution is -0.141. The van der Waals surface area contributed by atoms with Crippen molar-refractivity contribution >= 4 is 11.9 Å². The van der Waals surface area contributed by atoms with Gasteiger partial charge in [-0.2, -0.15) is 0 Å². The molecule has 5 nitrogen and oxygen atoms in total. The smallest absolute Gasteiger partial charge is 0.326 e. The molecule has 0 aliphatic carbocycles. The van der Waals surface area contributed by atoms with Crippen molar-refractivity contribution in [1.29, 1.82) is 0 Å². The first-order valence-corrected chi connectivity index (χ1v) is 10.9. The molecule has 2 N–H and O–H groups in total. The molecule has 3 rings (SSSR count). The average Bonchev–Trinajstić information content (AvgIpc) is 3.28. The molecular weight excluding hydrogens is 388 g/mol. The van der Waals surface area contributed by atoms with Crippen molar-refractivity contribution in [3.8, 4) is 0 Å². The largest absolute Gasteiger partial charge is 0.480 e. The maximum atomic E-state index is 13.0. The van der Waals surface area contributed by atoms with Crippen LogP contribution in [0.25, 0.3) is 0 Å². The summed E-state index contributed by atoms with van der Waals surface area (Å²) in [5.74, 6) is -1.10. The summed E-state index contributed by atoms with van der Waals surface area (Å²) in [7, 11) is 0. The van der Waals surface area contributed by atoms with Crippen molar-refractivity contribution in [1.82, 2.24) is 9.88 Å². The second-order valence-corrected chi connectivity index (χ2v) is 7.78. The number of rotatable bonds is 11. The number of aromatic nitrogens is 1. The van der Waals surface area contributed by atoms with Gasteiger partial charge in [-0.25, -0.2) is 4.79 Å². The molecular formula is C26H30N2O3. The van der Waals surface area contributed by atoms with Crippen LogP contribution in [0.2, 0.25) is 0 Å². The molecule has 0 saturated heterocycles. The molecule has 0 aliphatic rings. The van der Waals surface area contributed by atoms with E-state index < -0.39 is 12.0 Å². The van der Waals surface area contributed by atoms with Crippen LogP contribution in [0.3, 0.4) is 0 Å². The molecule has 0 saturated carbocycles. The highest BCUT2D eigenvalue weighted by molar-refractivity contribution is 5.94. The zero-order valence-corrected chi connectivity index (χ0v) is 17.9. The molecule has 1 atom stereocenters. The third-order valence-electron chi connectivity index (χ3n) is 5.49. The average molecular weight is 419 g/mol. The van der Waals surface area contributed by atoms with Gasteiger partial charge in [0.25, 0.3) is 5.91 Å². The molecule has 1 unspecified atom stereocenters. The van der Waals surface area contributed by atoms with Crippen molar-refractivity contribution in [3.63, 3.8) is 0 Å². The van der Waals surface area contributed by atoms with Crippen molar-refractivity contribution in [3.05, 3.63) is 95.8 Å². The Kier molecular flexibility index (Phi) is 8.05. The van der Waals surface area contributed by atoms with E-state index in [1.807, 2.05) is 60.7 Å². The van der Waals surface area contributed by atoms with E-state index in [9.17, 15) is 14.7 Å². The molecule has 31 heavy (non-hydrogen) atoms. The number of carbonyl (C=O) groups is 2. The van der Waals surface area contributed by atoms with Crippen LogP contribution in [-0.2, 0) is 4.79 Å². The SMILES string of the molecule is CCCCCCC(C(=O)O)n1ccc(C(=O)NC(c2ccccc2)c2ccccc2)c1. The minimum Gasteiger partial charge on any atom is -0.480 e. The first-order chi connectivity index (χ1) is 15.1. The van der Waals surface area contributed by atoms with E-state index >= 15 is 0 Å². The first-order valence-electron chi connectivity index (χ1n) is 10.9. The number of aliphatic carboxylic acids is 1. The van der Waals surface area contributed by atoms with Crippen LogP contribution in [0.5, 0.6) is 0 Å². The number of amides is 1. The van der Waals surface area contributed by atoms with E-state index in [0.717, 1.165) is 36.8 Å². The van der Waals surface area contributed by atoms with E-state index in [0.29, 0.717) is 12.0 Å². The lowest BCUT2D eigenvalue weighted by Gasteiger charge is -2.19. The third kappa shape index (κ3) is 6.07. The molecule has 3 aromatic rings. The van der Waals surface area contributed by atoms with Gasteiger partial charge in [0.1, 0.15) is 6.04 Å². The predicted molar refractivity (Wildman–Crippen MR) is 122 cm³/mol. The van der Waals surface area contributed by atoms with Crippen molar-refractivity contribution in [2.75, 3.05) is 0 Å². The van der Waals surface area contributed by atoms with Crippen LogP contribution in [0.1, 0.15) is 72.6 Å². The van der Waals surface area contributed by atoms with Crippen molar-refractivity contribution in [2.24, 2.45) is 0 Å². The predicted octanol–water partition coefficient (Wildman–Crippen LogP) is 5.60. The monoisotopic (exact) mass is 418 g/mol. The highest BCUT2D eigenvalue weighted by Gasteiger charge is 2.22. The summed E-state index contributed by atoms with van der Waals surface area (Å²) in [5, 5.41) is 12.8. The number of nitrogens with one attached hydrogen (secondary N) is 1. The highest BCUT2D eigenvalue weighted by Crippen LogP contribution is 2.23. The van der Waals surface area contributed by atoms with Gasteiger partial charge < -0.3 is 15.0 Å². The van der Waals surface area contributed by atoms with Crippen molar-refractivity contribution < 1.29 is 14.7 Å². The number of hydrogen-bond acceptors (Lipinski definition) is 2. The first kappa shape index (κ1) is 22.3. The fourth-order valence-electron chi connectivity index (χ4n) is 3.77. The summed E-state index contributed by atoms with van der Waals surface area (Å²) in [6.07, 6.45) is 7.97. The zero-order valence-electron chi connectivity index (χ0n) is 17.9. The number of carbonyl (C=O) groups excluding carboxylic acids is 1. The third-order valence-corrected chi connectivity index (χ3v) is 5.49. The maximum Gasteiger partial charge on any atom is 0.326 e. The maximum absolute atomic E-state index is 13.0. The number of carboxylic acid groups (broad SMARTS) is 1. The molecule has 0 radical (unpaired) electrons. The summed E-state index contributed by atoms with van der Waals surface area (Å²) in [6, 6.07) is 20.4. The fraction of sp³-hybridized carbons (Fsp3) is 0.308. The van der Waals surface area contributed by atoms with E-state index in [1.54, 1.807) is 23.0 Å². The van der Waals surface area contributed by atoms with Gasteiger partial charge in [0.05, 0.1) is 11.6 Å². The Morgan fingerprint density at radius 3 is 2.06 bits per heavy atom. The molecule has 0 spiro atoms. The Morgan fingerprint density at radius 1 is 0.903 bits per heavy atom. The second kappa shape index (κ2) is 11.2. The minimum atomic E-state index is -0.870. The molecule has 2 aromatic carbocycles. The Hall–Kier alpha value is -3.34. The van der Waals surface area contributed by atoms with Gasteiger partial charge in [-0.15, -0.1) is 0 Å². The summed E-state index contributed by atoms with van der Waals surface area (Å²) < 4.78 is 1.64. The lowest BCUT2D eigenvalue weighted by Crippen LogP contribution is -2.29. The quantitative estimate of drug-likeness (QED) is 0.398. The number of unbranched alkanes of at least 4 members (excludes halogenated alkanes) is 3. The van der Waals surface area contributed by atoms with Crippen LogP contribution in [0.4, 0.5) is 0 Å². The summed E-state index contributed by atoms with van der Waals surface area (Å²) >= 11 is 0. The zero-order chi connectivity index (χ0) is 22.1. The molecule has 0 aliphatic heterocycles. The van der Waals surface area contributed by atoms with Crippen molar-refractivity contribution in [2.45, 2.75) is 51.1 Å². The second-order valence-electron chi connectivity index (χ2n) is 7.78. The number of nitrogens with zero attached hydrogens (tertiary/aromatic N) is 1. The van der Waals surface area contributed by atoms with Gasteiger partial charge in [0.2, 0.25) is 0 Å². The van der Waals surface area contributed by atoms with Gasteiger partial charge in [-0.3, -0.25) is 4.79 Å². The molecule has 1 aromatic heterocycles. The Labute approximate surface area is 183 Å². The van der Waals surface area contributed by atoms with Gasteiger partial charge >= 0.3 is 5.97 Å². The van der Waals surface area contributed by atoms with Gasteiger partial charge in [-0.05, 0) is 23.6 Å². The van der Waals surface area contributed by atoms with Crippen LogP contribution < -0.4 is 5.32 Å². The van der Waals surface area contributed by atoms with Gasteiger partial charge in [0.15, 0.2) is 0 Å². The van der Waals surface area contributed by atoms with E-state index in [-0.39, 0.29) is 11.9 Å². The lowest BCUT2D eigenvalue weighted by atomic mass is 9.98. The molecule has 1 amide bonds. The summed E-state index contributed by atoms with van der Waals surface area (Å²) in [6.45, 7) is 2.13. The minimum absolute atomic E-state index is 0.230. The van der Waals surface area contributed by atoms with E-state index in [4.69, 9.17) is 0 Å². The molecule has 0 bridgehead atoms. The fourth-order valence-corrected chi connectivity index (χ4v) is 3.77. The Morgan fingerprint density at radius 2 is 1.52 bits per heavy atom. The molecule has 5 heteroatoms. The number of carboxylic acids is 1. The van der Waals surface area contributed by atoms with Crippen LogP contribution >= 0.6 is 0 Å². The van der Waals surface area contributed by atoms with Crippen LogP contribution in [0.15, 0.2) is 79.1 Å². The van der Waals surface area contributed by atoms with Crippen LogP contribution in [-0.4, -0.2) is 21.6 Å². The number of hydrogen-bond donors (Lipinski definition) is 2. The summed E-state index contributed by atoms with van der Waals surface area (Å²) in [5.41, 5.74) is 2.43. The highest BCUT2D eigenvalue weighted by atomic mass is 16.4. The van der Waals surface area contributed by atoms with Crippen LogP contribution in [0, 0.1) is 0 Å². The Bertz CT molecular complexity index is 927. The van der Waals surface area contributed by atoms with E-state index in [1.165, 1.54) is 0 Å². The van der Waals surface area contributed by atoms with Gasteiger partial charge in [0, 0.05) is 12.4 Å². The summed E-state index contributed by atoms with van der Waals surface area (Å²) in [4.78, 5) is 24.8. The normalized spacial score (nSPS) is 11.9. The van der Waals surface area contributed by atoms with Gasteiger partial charge in [-0.1, -0.05) is 93.3 Å².